The van der Waals surface area contributed by atoms with Crippen molar-refractivity contribution in [2.24, 2.45) is 0 Å². The third kappa shape index (κ3) is 3.22. The van der Waals surface area contributed by atoms with Crippen LogP contribution in [-0.2, 0) is 0 Å². The van der Waals surface area contributed by atoms with E-state index in [0.717, 1.165) is 25.6 Å². The number of halogens is 2. The summed E-state index contributed by atoms with van der Waals surface area (Å²) in [6.07, 6.45) is 0. The zero-order chi connectivity index (χ0) is 15.7. The molecule has 0 atom stereocenters. The van der Waals surface area contributed by atoms with Gasteiger partial charge in [-0.15, -0.1) is 0 Å². The van der Waals surface area contributed by atoms with Gasteiger partial charge in [-0.25, -0.2) is 0 Å². The lowest BCUT2D eigenvalue weighted by atomic mass is 9.95. The van der Waals surface area contributed by atoms with Crippen molar-refractivity contribution in [3.63, 3.8) is 0 Å². The van der Waals surface area contributed by atoms with E-state index < -0.39 is 0 Å². The van der Waals surface area contributed by atoms with E-state index in [-0.39, 0.29) is 5.78 Å². The van der Waals surface area contributed by atoms with Crippen molar-refractivity contribution in [3.05, 3.63) is 61.0 Å². The summed E-state index contributed by atoms with van der Waals surface area (Å²) >= 11 is 6.96. The van der Waals surface area contributed by atoms with Crippen LogP contribution in [0.2, 0.25) is 0 Å². The van der Waals surface area contributed by atoms with Crippen molar-refractivity contribution >= 4 is 37.6 Å². The zero-order valence-electron chi connectivity index (χ0n) is 12.4. The van der Waals surface area contributed by atoms with E-state index in [1.807, 2.05) is 45.0 Å². The maximum atomic E-state index is 12.9. The van der Waals surface area contributed by atoms with Crippen LogP contribution in [0.5, 0.6) is 5.75 Å². The van der Waals surface area contributed by atoms with Crippen LogP contribution in [0.25, 0.3) is 0 Å². The first kappa shape index (κ1) is 16.2. The van der Waals surface area contributed by atoms with Crippen LogP contribution >= 0.6 is 31.9 Å². The third-order valence-electron chi connectivity index (χ3n) is 3.40. The predicted octanol–water partition coefficient (Wildman–Crippen LogP) is 5.38. The molecular formula is C17H16Br2O2. The molecule has 0 aliphatic rings. The van der Waals surface area contributed by atoms with Gasteiger partial charge in [0.1, 0.15) is 5.75 Å². The number of rotatable bonds is 3. The highest BCUT2D eigenvalue weighted by molar-refractivity contribution is 9.10. The van der Waals surface area contributed by atoms with E-state index in [9.17, 15) is 4.79 Å². The second-order valence-electron chi connectivity index (χ2n) is 5.05. The molecule has 0 aromatic heterocycles. The standard InChI is InChI=1S/C17H16Br2O2/c1-9-5-12(8-13(18)6-9)16(20)15-11(3)14(19)7-10(2)17(15)21-4/h5-8H,1-4H3. The monoisotopic (exact) mass is 410 g/mol. The number of hydrogen-bond donors (Lipinski definition) is 0. The summed E-state index contributed by atoms with van der Waals surface area (Å²) in [7, 11) is 1.60. The van der Waals surface area contributed by atoms with Crippen molar-refractivity contribution in [1.29, 1.82) is 0 Å². The zero-order valence-corrected chi connectivity index (χ0v) is 15.6. The van der Waals surface area contributed by atoms with E-state index >= 15 is 0 Å². The Bertz CT molecular complexity index is 701. The fourth-order valence-corrected chi connectivity index (χ4v) is 3.55. The molecule has 0 saturated carbocycles. The molecule has 0 aliphatic carbocycles. The van der Waals surface area contributed by atoms with E-state index in [2.05, 4.69) is 31.9 Å². The molecule has 0 amide bonds. The molecule has 0 bridgehead atoms. The summed E-state index contributed by atoms with van der Waals surface area (Å²) < 4.78 is 7.27. The summed E-state index contributed by atoms with van der Waals surface area (Å²) in [6, 6.07) is 7.68. The first-order chi connectivity index (χ1) is 9.85. The van der Waals surface area contributed by atoms with Crippen LogP contribution < -0.4 is 4.74 Å². The largest absolute Gasteiger partial charge is 0.496 e. The number of aryl methyl sites for hydroxylation is 2. The molecule has 0 N–H and O–H groups in total. The Morgan fingerprint density at radius 1 is 1.05 bits per heavy atom. The third-order valence-corrected chi connectivity index (χ3v) is 4.68. The topological polar surface area (TPSA) is 26.3 Å². The second kappa shape index (κ2) is 6.32. The van der Waals surface area contributed by atoms with Crippen LogP contribution in [0.4, 0.5) is 0 Å². The first-order valence-electron chi connectivity index (χ1n) is 6.50. The summed E-state index contributed by atoms with van der Waals surface area (Å²) in [4.78, 5) is 12.9. The highest BCUT2D eigenvalue weighted by Crippen LogP contribution is 2.34. The van der Waals surface area contributed by atoms with Crippen molar-refractivity contribution in [2.45, 2.75) is 20.8 Å². The number of carbonyl (C=O) groups excluding carboxylic acids is 1. The SMILES string of the molecule is COc1c(C)cc(Br)c(C)c1C(=O)c1cc(C)cc(Br)c1. The van der Waals surface area contributed by atoms with Gasteiger partial charge in [0, 0.05) is 14.5 Å². The van der Waals surface area contributed by atoms with Gasteiger partial charge in [0.05, 0.1) is 12.7 Å². The first-order valence-corrected chi connectivity index (χ1v) is 8.09. The molecule has 2 rings (SSSR count). The van der Waals surface area contributed by atoms with Gasteiger partial charge in [-0.1, -0.05) is 31.9 Å². The molecule has 0 heterocycles. The summed E-state index contributed by atoms with van der Waals surface area (Å²) in [5, 5.41) is 0. The molecule has 0 fully saturated rings. The van der Waals surface area contributed by atoms with Gasteiger partial charge in [-0.05, 0) is 61.7 Å². The minimum atomic E-state index is -0.0295. The fourth-order valence-electron chi connectivity index (χ4n) is 2.40. The number of ketones is 1. The summed E-state index contributed by atoms with van der Waals surface area (Å²) in [6.45, 7) is 5.83. The maximum Gasteiger partial charge on any atom is 0.197 e. The van der Waals surface area contributed by atoms with Gasteiger partial charge in [-0.3, -0.25) is 4.79 Å². The molecular weight excluding hydrogens is 396 g/mol. The van der Waals surface area contributed by atoms with E-state index in [1.165, 1.54) is 0 Å². The van der Waals surface area contributed by atoms with Crippen LogP contribution in [0.15, 0.2) is 33.2 Å². The van der Waals surface area contributed by atoms with Crippen LogP contribution in [0, 0.1) is 20.8 Å². The predicted molar refractivity (Wildman–Crippen MR) is 92.5 cm³/mol. The lowest BCUT2D eigenvalue weighted by Gasteiger charge is -2.15. The molecule has 0 radical (unpaired) electrons. The van der Waals surface area contributed by atoms with Gasteiger partial charge in [-0.2, -0.15) is 0 Å². The molecule has 4 heteroatoms. The highest BCUT2D eigenvalue weighted by atomic mass is 79.9. The minimum absolute atomic E-state index is 0.0295. The Balaban J connectivity index is 2.68. The second-order valence-corrected chi connectivity index (χ2v) is 6.82. The quantitative estimate of drug-likeness (QED) is 0.634. The molecule has 0 aliphatic heterocycles. The smallest absolute Gasteiger partial charge is 0.197 e. The van der Waals surface area contributed by atoms with Crippen molar-refractivity contribution in [1.82, 2.24) is 0 Å². The molecule has 21 heavy (non-hydrogen) atoms. The minimum Gasteiger partial charge on any atom is -0.496 e. The van der Waals surface area contributed by atoms with Crippen LogP contribution in [0.1, 0.15) is 32.6 Å². The Labute approximate surface area is 141 Å². The van der Waals surface area contributed by atoms with Crippen molar-refractivity contribution in [3.8, 4) is 5.75 Å². The average molecular weight is 412 g/mol. The highest BCUT2D eigenvalue weighted by Gasteiger charge is 2.21. The normalized spacial score (nSPS) is 10.6. The molecule has 0 spiro atoms. The van der Waals surface area contributed by atoms with Crippen molar-refractivity contribution in [2.75, 3.05) is 7.11 Å². The summed E-state index contributed by atoms with van der Waals surface area (Å²) in [5.41, 5.74) is 4.13. The fraction of sp³-hybridized carbons (Fsp3) is 0.235. The van der Waals surface area contributed by atoms with E-state index in [0.29, 0.717) is 16.9 Å². The van der Waals surface area contributed by atoms with Gasteiger partial charge in [0.15, 0.2) is 5.78 Å². The van der Waals surface area contributed by atoms with Gasteiger partial charge < -0.3 is 4.74 Å². The number of methoxy groups -OCH3 is 1. The number of benzene rings is 2. The Morgan fingerprint density at radius 3 is 2.29 bits per heavy atom. The number of ether oxygens (including phenoxy) is 1. The molecule has 110 valence electrons. The molecule has 0 unspecified atom stereocenters. The van der Waals surface area contributed by atoms with Crippen molar-refractivity contribution < 1.29 is 9.53 Å². The molecule has 2 nitrogen and oxygen atoms in total. The van der Waals surface area contributed by atoms with Gasteiger partial charge in [0.2, 0.25) is 0 Å². The number of carbonyl (C=O) groups is 1. The molecule has 2 aromatic rings. The lowest BCUT2D eigenvalue weighted by Crippen LogP contribution is -2.08. The van der Waals surface area contributed by atoms with E-state index in [1.54, 1.807) is 7.11 Å². The molecule has 2 aromatic carbocycles. The summed E-state index contributed by atoms with van der Waals surface area (Å²) in [5.74, 6) is 0.608. The van der Waals surface area contributed by atoms with Crippen LogP contribution in [-0.4, -0.2) is 12.9 Å². The van der Waals surface area contributed by atoms with E-state index in [4.69, 9.17) is 4.74 Å². The number of hydrogen-bond acceptors (Lipinski definition) is 2. The lowest BCUT2D eigenvalue weighted by molar-refractivity contribution is 0.103. The Kier molecular flexibility index (Phi) is 4.89. The maximum absolute atomic E-state index is 12.9. The average Bonchev–Trinajstić information content (AvgIpc) is 2.40. The van der Waals surface area contributed by atoms with Crippen LogP contribution in [0.3, 0.4) is 0 Å². The molecule has 0 saturated heterocycles. The van der Waals surface area contributed by atoms with Gasteiger partial charge >= 0.3 is 0 Å². The van der Waals surface area contributed by atoms with Gasteiger partial charge in [0.25, 0.3) is 0 Å². The Morgan fingerprint density at radius 2 is 1.71 bits per heavy atom. The Hall–Kier alpha value is -1.13.